The predicted octanol–water partition coefficient (Wildman–Crippen LogP) is 6.81. The summed E-state index contributed by atoms with van der Waals surface area (Å²) in [7, 11) is -0.869. The molecule has 0 heterocycles. The third kappa shape index (κ3) is 5.61. The van der Waals surface area contributed by atoms with Crippen molar-refractivity contribution in [2.24, 2.45) is 0 Å². The fourth-order valence-electron chi connectivity index (χ4n) is 4.41. The minimum absolute atomic E-state index is 0.00739. The van der Waals surface area contributed by atoms with E-state index in [1.54, 1.807) is 6.08 Å². The van der Waals surface area contributed by atoms with Gasteiger partial charge in [0.1, 0.15) is 0 Å². The Hall–Kier alpha value is -3.48. The number of carbonyl (C=O) groups is 1. The maximum Gasteiger partial charge on any atom is 0.251 e. The number of rotatable bonds is 7. The van der Waals surface area contributed by atoms with Gasteiger partial charge >= 0.3 is 0 Å². The molecular weight excluding hydrogens is 445 g/mol. The molecule has 2 nitrogen and oxygen atoms in total. The van der Waals surface area contributed by atoms with Crippen LogP contribution in [0.5, 0.6) is 0 Å². The Morgan fingerprint density at radius 1 is 0.743 bits per heavy atom. The Morgan fingerprint density at radius 2 is 1.26 bits per heavy atom. The zero-order valence-corrected chi connectivity index (χ0v) is 21.7. The van der Waals surface area contributed by atoms with Crippen molar-refractivity contribution in [1.82, 2.24) is 0 Å². The minimum Gasteiger partial charge on any atom is -0.301 e. The van der Waals surface area contributed by atoms with Crippen molar-refractivity contribution in [3.8, 4) is 0 Å². The smallest absolute Gasteiger partial charge is 0.251 e. The highest BCUT2D eigenvalue weighted by Crippen LogP contribution is 2.40. The van der Waals surface area contributed by atoms with Crippen molar-refractivity contribution in [2.75, 3.05) is 4.90 Å². The largest absolute Gasteiger partial charge is 0.301 e. The summed E-state index contributed by atoms with van der Waals surface area (Å²) in [6.45, 7) is 8.18. The topological polar surface area (TPSA) is 20.3 Å². The first-order valence-corrected chi connectivity index (χ1v) is 13.3. The van der Waals surface area contributed by atoms with Crippen molar-refractivity contribution >= 4 is 35.4 Å². The Labute approximate surface area is 210 Å². The molecule has 4 aromatic carbocycles. The van der Waals surface area contributed by atoms with Crippen LogP contribution in [0, 0.1) is 6.92 Å². The zero-order chi connectivity index (χ0) is 24.8. The molecular formula is C32H32NOP. The predicted molar refractivity (Wildman–Crippen MR) is 152 cm³/mol. The second-order valence-corrected chi connectivity index (χ2v) is 11.2. The molecule has 35 heavy (non-hydrogen) atoms. The van der Waals surface area contributed by atoms with Crippen molar-refractivity contribution in [1.29, 1.82) is 0 Å². The molecule has 3 heteroatoms. The Kier molecular flexibility index (Phi) is 7.95. The molecule has 0 aliphatic carbocycles. The van der Waals surface area contributed by atoms with E-state index in [-0.39, 0.29) is 11.9 Å². The Morgan fingerprint density at radius 3 is 1.77 bits per heavy atom. The molecule has 0 saturated carbocycles. The third-order valence-corrected chi connectivity index (χ3v) is 8.52. The van der Waals surface area contributed by atoms with Gasteiger partial charge < -0.3 is 4.90 Å². The maximum atomic E-state index is 13.8. The molecule has 1 atom stereocenters. The van der Waals surface area contributed by atoms with Crippen LogP contribution >= 0.6 is 7.92 Å². The second kappa shape index (κ2) is 11.3. The van der Waals surface area contributed by atoms with Gasteiger partial charge in [0.2, 0.25) is 0 Å². The van der Waals surface area contributed by atoms with Gasteiger partial charge in [0.15, 0.2) is 0 Å². The molecule has 0 aliphatic heterocycles. The highest BCUT2D eigenvalue weighted by atomic mass is 31.1. The number of hydrogen-bond acceptors (Lipinski definition) is 1. The van der Waals surface area contributed by atoms with E-state index in [1.165, 1.54) is 15.9 Å². The lowest BCUT2D eigenvalue weighted by Gasteiger charge is -2.34. The van der Waals surface area contributed by atoms with E-state index >= 15 is 0 Å². The molecule has 4 aromatic rings. The average Bonchev–Trinajstić information content (AvgIpc) is 2.87. The van der Waals surface area contributed by atoms with Gasteiger partial charge in [-0.05, 0) is 57.4 Å². The van der Waals surface area contributed by atoms with E-state index in [0.29, 0.717) is 0 Å². The molecule has 0 bridgehead atoms. The first-order valence-electron chi connectivity index (χ1n) is 12.0. The second-order valence-electron chi connectivity index (χ2n) is 8.97. The molecule has 0 fully saturated rings. The fraction of sp³-hybridized carbons (Fsp3) is 0.156. The van der Waals surface area contributed by atoms with Gasteiger partial charge in [-0.1, -0.05) is 115 Å². The van der Waals surface area contributed by atoms with Crippen LogP contribution in [0.2, 0.25) is 0 Å². The van der Waals surface area contributed by atoms with E-state index in [9.17, 15) is 4.79 Å². The normalized spacial score (nSPS) is 11.7. The minimum atomic E-state index is -0.869. The molecule has 0 unspecified atom stereocenters. The summed E-state index contributed by atoms with van der Waals surface area (Å²) < 4.78 is 0. The molecule has 4 rings (SSSR count). The van der Waals surface area contributed by atoms with Crippen LogP contribution in [0.15, 0.2) is 121 Å². The lowest BCUT2D eigenvalue weighted by atomic mass is 10.0. The van der Waals surface area contributed by atoms with Crippen LogP contribution in [0.4, 0.5) is 5.69 Å². The number of anilines is 1. The van der Waals surface area contributed by atoms with E-state index in [4.69, 9.17) is 0 Å². The number of para-hydroxylation sites is 1. The summed E-state index contributed by atoms with van der Waals surface area (Å²) >= 11 is 0. The number of allylic oxidation sites excluding steroid dienone is 1. The molecule has 0 aromatic heterocycles. The molecule has 0 aliphatic rings. The van der Waals surface area contributed by atoms with Gasteiger partial charge in [-0.25, -0.2) is 0 Å². The maximum absolute atomic E-state index is 13.8. The Balaban J connectivity index is 1.98. The van der Waals surface area contributed by atoms with E-state index < -0.39 is 7.92 Å². The number of amides is 1. The molecule has 0 radical (unpaired) electrons. The summed E-state index contributed by atoms with van der Waals surface area (Å²) in [6.07, 6.45) is 1.75. The highest BCUT2D eigenvalue weighted by Gasteiger charge is 2.29. The molecule has 0 spiro atoms. The van der Waals surface area contributed by atoms with E-state index in [2.05, 4.69) is 105 Å². The summed E-state index contributed by atoms with van der Waals surface area (Å²) in [5, 5.41) is 3.72. The summed E-state index contributed by atoms with van der Waals surface area (Å²) in [4.78, 5) is 15.8. The van der Waals surface area contributed by atoms with Crippen LogP contribution in [0.1, 0.15) is 37.9 Å². The van der Waals surface area contributed by atoms with Crippen molar-refractivity contribution in [2.45, 2.75) is 33.7 Å². The monoisotopic (exact) mass is 477 g/mol. The fourth-order valence-corrected chi connectivity index (χ4v) is 6.94. The third-order valence-electron chi connectivity index (χ3n) is 6.05. The number of carbonyl (C=O) groups excluding carboxylic acids is 1. The quantitative estimate of drug-likeness (QED) is 0.211. The highest BCUT2D eigenvalue weighted by molar-refractivity contribution is 7.80. The lowest BCUT2D eigenvalue weighted by Crippen LogP contribution is -2.37. The Bertz CT molecular complexity index is 1260. The first kappa shape index (κ1) is 24.6. The SMILES string of the molecule is CC(C)=CC(=O)N(c1c(C)cccc1P(c1ccccc1)c1ccccc1)[C@@H](C)c1ccccc1. The number of nitrogens with zero attached hydrogens (tertiary/aromatic N) is 1. The van der Waals surface area contributed by atoms with Gasteiger partial charge in [-0.2, -0.15) is 0 Å². The van der Waals surface area contributed by atoms with Crippen LogP contribution in [-0.2, 0) is 4.79 Å². The standard InChI is InChI=1S/C32H32NOP/c1-24(2)23-31(34)33(26(4)27-16-8-5-9-17-27)32-25(3)15-14-22-30(32)35(28-18-10-6-11-19-28)29-20-12-7-13-21-29/h5-23,26H,1-4H3/t26-/m0/s1. The molecule has 1 amide bonds. The van der Waals surface area contributed by atoms with Crippen LogP contribution in [-0.4, -0.2) is 5.91 Å². The van der Waals surface area contributed by atoms with Gasteiger partial charge in [0.25, 0.3) is 5.91 Å². The number of aryl methyl sites for hydroxylation is 1. The summed E-state index contributed by atoms with van der Waals surface area (Å²) in [5.74, 6) is 0.00739. The zero-order valence-electron chi connectivity index (χ0n) is 20.8. The van der Waals surface area contributed by atoms with E-state index in [0.717, 1.165) is 22.4 Å². The van der Waals surface area contributed by atoms with Gasteiger partial charge in [0.05, 0.1) is 11.7 Å². The average molecular weight is 478 g/mol. The first-order chi connectivity index (χ1) is 17.0. The van der Waals surface area contributed by atoms with Gasteiger partial charge in [-0.15, -0.1) is 0 Å². The number of hydrogen-bond donors (Lipinski definition) is 0. The van der Waals surface area contributed by atoms with E-state index in [1.807, 2.05) is 36.9 Å². The molecule has 176 valence electrons. The van der Waals surface area contributed by atoms with Crippen LogP contribution in [0.25, 0.3) is 0 Å². The van der Waals surface area contributed by atoms with Crippen molar-refractivity contribution in [3.05, 3.63) is 132 Å². The van der Waals surface area contributed by atoms with Crippen LogP contribution < -0.4 is 20.8 Å². The summed E-state index contributed by atoms with van der Waals surface area (Å²) in [6, 6.07) is 37.9. The van der Waals surface area contributed by atoms with Gasteiger partial charge in [0, 0.05) is 11.4 Å². The lowest BCUT2D eigenvalue weighted by molar-refractivity contribution is -0.114. The molecule has 0 saturated heterocycles. The number of benzene rings is 4. The van der Waals surface area contributed by atoms with Gasteiger partial charge in [-0.3, -0.25) is 4.79 Å². The van der Waals surface area contributed by atoms with Crippen molar-refractivity contribution in [3.63, 3.8) is 0 Å². The van der Waals surface area contributed by atoms with Crippen molar-refractivity contribution < 1.29 is 4.79 Å². The summed E-state index contributed by atoms with van der Waals surface area (Å²) in [5.41, 5.74) is 4.20. The van der Waals surface area contributed by atoms with Crippen LogP contribution in [0.3, 0.4) is 0 Å². The molecule has 0 N–H and O–H groups in total.